The summed E-state index contributed by atoms with van der Waals surface area (Å²) in [6.45, 7) is 1.67. The maximum atomic E-state index is 10.9. The van der Waals surface area contributed by atoms with Crippen LogP contribution >= 0.6 is 11.8 Å². The van der Waals surface area contributed by atoms with Crippen LogP contribution in [0.2, 0.25) is 0 Å². The van der Waals surface area contributed by atoms with Gasteiger partial charge in [-0.1, -0.05) is 28.1 Å². The largest absolute Gasteiger partial charge is 0.469 e. The van der Waals surface area contributed by atoms with Crippen LogP contribution in [0, 0.1) is 0 Å². The van der Waals surface area contributed by atoms with Crippen molar-refractivity contribution in [3.05, 3.63) is 33.0 Å². The highest BCUT2D eigenvalue weighted by Crippen LogP contribution is 2.16. The number of nitrogens with zero attached hydrogens (tertiary/aromatic N) is 6. The molecule has 0 heterocycles. The van der Waals surface area contributed by atoms with E-state index in [-0.39, 0.29) is 29.9 Å². The number of rotatable bonds is 8. The Morgan fingerprint density at radius 3 is 2.25 bits per heavy atom. The van der Waals surface area contributed by atoms with Crippen molar-refractivity contribution in [3.8, 4) is 0 Å². The standard InChI is InChI=1S/C7H11N3O3S.C5H7N3O2/c1-5(11)14-6(4-9-10-8)3-7(12)13-2;1-10-5(9)3-2-4-7-8-6/h6H,3-4H2,1-2H3;2-3H,4H2,1H3/b;3-2+. The van der Waals surface area contributed by atoms with Crippen LogP contribution in [-0.2, 0) is 23.9 Å². The molecule has 0 aromatic carbocycles. The van der Waals surface area contributed by atoms with Gasteiger partial charge in [0.25, 0.3) is 0 Å². The molecule has 0 rings (SSSR count). The molecule has 0 bridgehead atoms. The van der Waals surface area contributed by atoms with Gasteiger partial charge in [0.1, 0.15) is 0 Å². The molecule has 1 atom stereocenters. The third-order valence-electron chi connectivity index (χ3n) is 2.01. The molecular weight excluding hydrogens is 340 g/mol. The molecule has 0 amide bonds. The van der Waals surface area contributed by atoms with E-state index in [4.69, 9.17) is 11.1 Å². The highest BCUT2D eigenvalue weighted by Gasteiger charge is 2.16. The molecule has 24 heavy (non-hydrogen) atoms. The summed E-state index contributed by atoms with van der Waals surface area (Å²) >= 11 is 0.979. The minimum absolute atomic E-state index is 0.0692. The van der Waals surface area contributed by atoms with Gasteiger partial charge in [0.2, 0.25) is 0 Å². The lowest BCUT2D eigenvalue weighted by Gasteiger charge is -2.09. The fourth-order valence-corrected chi connectivity index (χ4v) is 1.91. The summed E-state index contributed by atoms with van der Waals surface area (Å²) < 4.78 is 8.71. The van der Waals surface area contributed by atoms with Crippen LogP contribution in [-0.4, -0.2) is 49.6 Å². The number of esters is 2. The van der Waals surface area contributed by atoms with Gasteiger partial charge in [-0.25, -0.2) is 4.79 Å². The first-order valence-electron chi connectivity index (χ1n) is 6.41. The number of carbonyl (C=O) groups excluding carboxylic acids is 3. The summed E-state index contributed by atoms with van der Waals surface area (Å²) in [7, 11) is 2.55. The van der Waals surface area contributed by atoms with Gasteiger partial charge in [-0.05, 0) is 11.1 Å². The molecule has 11 nitrogen and oxygen atoms in total. The van der Waals surface area contributed by atoms with Crippen LogP contribution in [0.5, 0.6) is 0 Å². The third-order valence-corrected chi connectivity index (χ3v) is 2.99. The Morgan fingerprint density at radius 1 is 1.17 bits per heavy atom. The molecule has 0 aromatic heterocycles. The van der Waals surface area contributed by atoms with Gasteiger partial charge in [-0.15, -0.1) is 0 Å². The van der Waals surface area contributed by atoms with Crippen molar-refractivity contribution in [2.45, 2.75) is 18.6 Å². The first-order chi connectivity index (χ1) is 11.4. The van der Waals surface area contributed by atoms with Crippen molar-refractivity contribution < 1.29 is 23.9 Å². The molecule has 0 aliphatic rings. The first kappa shape index (κ1) is 23.6. The minimum Gasteiger partial charge on any atom is -0.469 e. The average molecular weight is 358 g/mol. The fraction of sp³-hybridized carbons (Fsp3) is 0.583. The molecule has 0 aliphatic heterocycles. The van der Waals surface area contributed by atoms with E-state index >= 15 is 0 Å². The molecule has 12 heteroatoms. The molecule has 0 radical (unpaired) electrons. The first-order valence-corrected chi connectivity index (χ1v) is 7.29. The normalized spacial score (nSPS) is 10.3. The van der Waals surface area contributed by atoms with Gasteiger partial charge in [-0.3, -0.25) is 9.59 Å². The highest BCUT2D eigenvalue weighted by atomic mass is 32.2. The van der Waals surface area contributed by atoms with E-state index in [2.05, 4.69) is 29.5 Å². The molecule has 0 saturated heterocycles. The SMILES string of the molecule is COC(=O)/C=C/CN=[N+]=[N-].COC(=O)CC(CN=[N+]=[N-])SC(C)=O. The Hall–Kier alpha value is -2.68. The van der Waals surface area contributed by atoms with Gasteiger partial charge >= 0.3 is 11.9 Å². The van der Waals surface area contributed by atoms with E-state index in [1.807, 2.05) is 0 Å². The molecular formula is C12H18N6O5S. The Kier molecular flexibility index (Phi) is 16.4. The monoisotopic (exact) mass is 358 g/mol. The predicted octanol–water partition coefficient (Wildman–Crippen LogP) is 2.53. The molecule has 132 valence electrons. The van der Waals surface area contributed by atoms with Crippen LogP contribution in [0.3, 0.4) is 0 Å². The Balaban J connectivity index is 0. The zero-order valence-corrected chi connectivity index (χ0v) is 14.3. The summed E-state index contributed by atoms with van der Waals surface area (Å²) in [6, 6.07) is 0. The van der Waals surface area contributed by atoms with Crippen LogP contribution in [0.1, 0.15) is 13.3 Å². The van der Waals surface area contributed by atoms with Gasteiger partial charge in [-0.2, -0.15) is 0 Å². The number of azide groups is 2. The number of ether oxygens (including phenoxy) is 2. The van der Waals surface area contributed by atoms with Crippen molar-refractivity contribution in [1.29, 1.82) is 0 Å². The maximum absolute atomic E-state index is 10.9. The maximum Gasteiger partial charge on any atom is 0.330 e. The van der Waals surface area contributed by atoms with Gasteiger partial charge in [0.15, 0.2) is 5.12 Å². The molecule has 0 saturated carbocycles. The molecule has 1 unspecified atom stereocenters. The molecule has 0 spiro atoms. The number of thioether (sulfide) groups is 1. The number of methoxy groups -OCH3 is 2. The number of carbonyl (C=O) groups is 3. The molecule has 0 fully saturated rings. The van der Waals surface area contributed by atoms with E-state index in [1.54, 1.807) is 0 Å². The Bertz CT molecular complexity index is 536. The van der Waals surface area contributed by atoms with Crippen molar-refractivity contribution in [3.63, 3.8) is 0 Å². The average Bonchev–Trinajstić information content (AvgIpc) is 2.56. The van der Waals surface area contributed by atoms with E-state index in [0.717, 1.165) is 11.8 Å². The lowest BCUT2D eigenvalue weighted by atomic mass is 10.3. The van der Waals surface area contributed by atoms with Gasteiger partial charge < -0.3 is 9.47 Å². The second-order valence-corrected chi connectivity index (χ2v) is 5.24. The smallest absolute Gasteiger partial charge is 0.330 e. The van der Waals surface area contributed by atoms with E-state index in [9.17, 15) is 14.4 Å². The Morgan fingerprint density at radius 2 is 1.79 bits per heavy atom. The second kappa shape index (κ2) is 16.7. The minimum atomic E-state index is -0.451. The molecule has 0 aliphatic carbocycles. The van der Waals surface area contributed by atoms with Crippen LogP contribution in [0.4, 0.5) is 0 Å². The lowest BCUT2D eigenvalue weighted by molar-refractivity contribution is -0.140. The third kappa shape index (κ3) is 17.4. The van der Waals surface area contributed by atoms with Crippen LogP contribution in [0.25, 0.3) is 20.9 Å². The van der Waals surface area contributed by atoms with Crippen molar-refractivity contribution >= 4 is 28.8 Å². The summed E-state index contributed by atoms with van der Waals surface area (Å²) in [4.78, 5) is 37.0. The summed E-state index contributed by atoms with van der Waals surface area (Å²) in [5.74, 6) is -0.870. The zero-order chi connectivity index (χ0) is 18.8. The van der Waals surface area contributed by atoms with E-state index in [1.165, 1.54) is 33.3 Å². The van der Waals surface area contributed by atoms with Gasteiger partial charge in [0, 0.05) is 41.2 Å². The zero-order valence-electron chi connectivity index (χ0n) is 13.5. The van der Waals surface area contributed by atoms with E-state index in [0.29, 0.717) is 0 Å². The van der Waals surface area contributed by atoms with Crippen molar-refractivity contribution in [2.24, 2.45) is 10.2 Å². The highest BCUT2D eigenvalue weighted by molar-refractivity contribution is 8.14. The fourth-order valence-electron chi connectivity index (χ4n) is 1.08. The van der Waals surface area contributed by atoms with Crippen LogP contribution in [0.15, 0.2) is 22.4 Å². The summed E-state index contributed by atoms with van der Waals surface area (Å²) in [5.41, 5.74) is 15.9. The lowest BCUT2D eigenvalue weighted by Crippen LogP contribution is -2.16. The summed E-state index contributed by atoms with van der Waals surface area (Å²) in [5, 5.41) is 6.02. The quantitative estimate of drug-likeness (QED) is 0.212. The second-order valence-electron chi connectivity index (χ2n) is 3.76. The molecule has 0 aromatic rings. The predicted molar refractivity (Wildman–Crippen MR) is 87.9 cm³/mol. The number of hydrogen-bond acceptors (Lipinski definition) is 8. The van der Waals surface area contributed by atoms with Crippen LogP contribution < -0.4 is 0 Å². The Labute approximate surface area is 142 Å². The molecule has 0 N–H and O–H groups in total. The topological polar surface area (TPSA) is 167 Å². The number of hydrogen-bond donors (Lipinski definition) is 0. The van der Waals surface area contributed by atoms with Crippen molar-refractivity contribution in [2.75, 3.05) is 27.3 Å². The van der Waals surface area contributed by atoms with Crippen molar-refractivity contribution in [1.82, 2.24) is 0 Å². The van der Waals surface area contributed by atoms with Gasteiger partial charge in [0.05, 0.1) is 20.6 Å². The van der Waals surface area contributed by atoms with E-state index < -0.39 is 11.9 Å². The summed E-state index contributed by atoms with van der Waals surface area (Å²) in [6.07, 6.45) is 2.69.